The molecule has 2 heterocycles. The van der Waals surface area contributed by atoms with Crippen molar-refractivity contribution in [2.45, 2.75) is 45.1 Å². The van der Waals surface area contributed by atoms with Crippen LogP contribution in [-0.4, -0.2) is 44.1 Å². The van der Waals surface area contributed by atoms with E-state index < -0.39 is 0 Å². The summed E-state index contributed by atoms with van der Waals surface area (Å²) >= 11 is 0. The Bertz CT molecular complexity index is 669. The molecule has 0 aliphatic carbocycles. The zero-order valence-electron chi connectivity index (χ0n) is 13.8. The lowest BCUT2D eigenvalue weighted by atomic mass is 9.76. The molecular formula is C17H23N5O. The Kier molecular flexibility index (Phi) is 4.41. The van der Waals surface area contributed by atoms with Gasteiger partial charge in [0.2, 0.25) is 5.91 Å². The van der Waals surface area contributed by atoms with Gasteiger partial charge in [-0.1, -0.05) is 37.3 Å². The van der Waals surface area contributed by atoms with Gasteiger partial charge in [-0.05, 0) is 35.8 Å². The molecule has 0 bridgehead atoms. The monoisotopic (exact) mass is 313 g/mol. The molecule has 1 amide bonds. The summed E-state index contributed by atoms with van der Waals surface area (Å²) in [4.78, 5) is 14.6. The third-order valence-corrected chi connectivity index (χ3v) is 4.77. The van der Waals surface area contributed by atoms with Gasteiger partial charge in [-0.3, -0.25) is 4.79 Å². The number of hydrogen-bond donors (Lipinski definition) is 0. The maximum absolute atomic E-state index is 12.6. The van der Waals surface area contributed by atoms with Crippen LogP contribution >= 0.6 is 0 Å². The van der Waals surface area contributed by atoms with Crippen LogP contribution in [0.1, 0.15) is 37.6 Å². The molecule has 0 saturated carbocycles. The largest absolute Gasteiger partial charge is 0.342 e. The molecule has 1 aliphatic rings. The second-order valence-electron chi connectivity index (χ2n) is 6.54. The van der Waals surface area contributed by atoms with E-state index in [2.05, 4.69) is 46.7 Å². The molecule has 6 heteroatoms. The van der Waals surface area contributed by atoms with Crippen LogP contribution in [0.15, 0.2) is 30.3 Å². The maximum Gasteiger partial charge on any atom is 0.224 e. The Morgan fingerprint density at radius 3 is 2.78 bits per heavy atom. The Hall–Kier alpha value is -2.24. The topological polar surface area (TPSA) is 63.9 Å². The summed E-state index contributed by atoms with van der Waals surface area (Å²) in [7, 11) is 0. The average molecular weight is 313 g/mol. The SMILES string of the molecule is Cc1nnnn1CCC(=O)N1CCCC(C)(c2ccccc2)C1. The van der Waals surface area contributed by atoms with Gasteiger partial charge in [0.05, 0.1) is 6.54 Å². The molecule has 1 aromatic carbocycles. The van der Waals surface area contributed by atoms with E-state index in [-0.39, 0.29) is 11.3 Å². The highest BCUT2D eigenvalue weighted by Gasteiger charge is 2.34. The number of amides is 1. The predicted molar refractivity (Wildman–Crippen MR) is 86.8 cm³/mol. The highest BCUT2D eigenvalue weighted by atomic mass is 16.2. The van der Waals surface area contributed by atoms with Crippen molar-refractivity contribution < 1.29 is 4.79 Å². The Labute approximate surface area is 136 Å². The number of tetrazole rings is 1. The molecule has 1 unspecified atom stereocenters. The van der Waals surface area contributed by atoms with Crippen LogP contribution in [0.4, 0.5) is 0 Å². The first-order chi connectivity index (χ1) is 11.1. The van der Waals surface area contributed by atoms with Gasteiger partial charge in [-0.15, -0.1) is 5.10 Å². The predicted octanol–water partition coefficient (Wildman–Crippen LogP) is 1.95. The third kappa shape index (κ3) is 3.41. The molecule has 122 valence electrons. The van der Waals surface area contributed by atoms with Crippen molar-refractivity contribution in [2.24, 2.45) is 0 Å². The van der Waals surface area contributed by atoms with Crippen molar-refractivity contribution >= 4 is 5.91 Å². The van der Waals surface area contributed by atoms with Gasteiger partial charge in [-0.2, -0.15) is 0 Å². The molecule has 23 heavy (non-hydrogen) atoms. The Morgan fingerprint density at radius 1 is 1.30 bits per heavy atom. The summed E-state index contributed by atoms with van der Waals surface area (Å²) in [5.41, 5.74) is 1.36. The first-order valence-corrected chi connectivity index (χ1v) is 8.14. The van der Waals surface area contributed by atoms with Crippen molar-refractivity contribution in [3.63, 3.8) is 0 Å². The van der Waals surface area contributed by atoms with E-state index in [1.54, 1.807) is 4.68 Å². The molecule has 0 N–H and O–H groups in total. The van der Waals surface area contributed by atoms with Crippen LogP contribution in [0.3, 0.4) is 0 Å². The highest BCUT2D eigenvalue weighted by molar-refractivity contribution is 5.76. The van der Waals surface area contributed by atoms with Crippen molar-refractivity contribution in [3.8, 4) is 0 Å². The molecule has 2 aromatic rings. The molecule has 3 rings (SSSR count). The van der Waals surface area contributed by atoms with Crippen molar-refractivity contribution in [2.75, 3.05) is 13.1 Å². The van der Waals surface area contributed by atoms with Crippen LogP contribution in [0.25, 0.3) is 0 Å². The molecule has 6 nitrogen and oxygen atoms in total. The minimum Gasteiger partial charge on any atom is -0.342 e. The van der Waals surface area contributed by atoms with Gasteiger partial charge >= 0.3 is 0 Å². The van der Waals surface area contributed by atoms with E-state index in [1.165, 1.54) is 5.56 Å². The number of benzene rings is 1. The van der Waals surface area contributed by atoms with Gasteiger partial charge < -0.3 is 4.90 Å². The zero-order valence-corrected chi connectivity index (χ0v) is 13.8. The molecule has 1 saturated heterocycles. The van der Waals surface area contributed by atoms with E-state index in [0.717, 1.165) is 31.8 Å². The number of carbonyl (C=O) groups excluding carboxylic acids is 1. The molecule has 1 aliphatic heterocycles. The third-order valence-electron chi connectivity index (χ3n) is 4.77. The van der Waals surface area contributed by atoms with Crippen molar-refractivity contribution in [3.05, 3.63) is 41.7 Å². The van der Waals surface area contributed by atoms with Crippen LogP contribution in [0.2, 0.25) is 0 Å². The van der Waals surface area contributed by atoms with Crippen molar-refractivity contribution in [1.29, 1.82) is 0 Å². The van der Waals surface area contributed by atoms with Gasteiger partial charge in [0.15, 0.2) is 0 Å². The molecule has 0 radical (unpaired) electrons. The van der Waals surface area contributed by atoms with Crippen molar-refractivity contribution in [1.82, 2.24) is 25.1 Å². The fourth-order valence-corrected chi connectivity index (χ4v) is 3.34. The molecule has 1 aromatic heterocycles. The lowest BCUT2D eigenvalue weighted by Gasteiger charge is -2.41. The number of rotatable bonds is 4. The number of nitrogens with zero attached hydrogens (tertiary/aromatic N) is 5. The van der Waals surface area contributed by atoms with Gasteiger partial charge in [0, 0.05) is 24.9 Å². The number of hydrogen-bond acceptors (Lipinski definition) is 4. The quantitative estimate of drug-likeness (QED) is 0.865. The van der Waals surface area contributed by atoms with E-state index in [0.29, 0.717) is 13.0 Å². The number of aryl methyl sites for hydroxylation is 2. The van der Waals surface area contributed by atoms with Crippen LogP contribution < -0.4 is 0 Å². The minimum absolute atomic E-state index is 0.0416. The van der Waals surface area contributed by atoms with E-state index in [1.807, 2.05) is 17.9 Å². The molecule has 1 atom stereocenters. The number of piperidine rings is 1. The Balaban J connectivity index is 1.64. The standard InChI is InChI=1S/C17H23N5O/c1-14-18-19-20-22(14)12-9-16(23)21-11-6-10-17(2,13-21)15-7-4-3-5-8-15/h3-5,7-8H,6,9-13H2,1-2H3. The van der Waals surface area contributed by atoms with E-state index in [9.17, 15) is 4.79 Å². The van der Waals surface area contributed by atoms with E-state index in [4.69, 9.17) is 0 Å². The minimum atomic E-state index is 0.0416. The average Bonchev–Trinajstić information content (AvgIpc) is 2.98. The first kappa shape index (κ1) is 15.6. The number of carbonyl (C=O) groups is 1. The number of aromatic nitrogens is 4. The van der Waals surface area contributed by atoms with Crippen LogP contribution in [0.5, 0.6) is 0 Å². The lowest BCUT2D eigenvalue weighted by Crippen LogP contribution is -2.47. The van der Waals surface area contributed by atoms with E-state index >= 15 is 0 Å². The van der Waals surface area contributed by atoms with Gasteiger partial charge in [0.1, 0.15) is 5.82 Å². The molecule has 1 fully saturated rings. The second kappa shape index (κ2) is 6.48. The van der Waals surface area contributed by atoms with Gasteiger partial charge in [0.25, 0.3) is 0 Å². The summed E-state index contributed by atoms with van der Waals surface area (Å²) in [6.45, 7) is 6.27. The lowest BCUT2D eigenvalue weighted by molar-refractivity contribution is -0.133. The molecular weight excluding hydrogens is 290 g/mol. The second-order valence-corrected chi connectivity index (χ2v) is 6.54. The summed E-state index contributed by atoms with van der Waals surface area (Å²) < 4.78 is 1.68. The normalized spacial score (nSPS) is 21.4. The first-order valence-electron chi connectivity index (χ1n) is 8.14. The fourth-order valence-electron chi connectivity index (χ4n) is 3.34. The number of likely N-dealkylation sites (tertiary alicyclic amines) is 1. The highest BCUT2D eigenvalue weighted by Crippen LogP contribution is 2.33. The van der Waals surface area contributed by atoms with Crippen LogP contribution in [0, 0.1) is 6.92 Å². The summed E-state index contributed by atoms with van der Waals surface area (Å²) in [6.07, 6.45) is 2.60. The summed E-state index contributed by atoms with van der Waals surface area (Å²) in [6, 6.07) is 10.5. The summed E-state index contributed by atoms with van der Waals surface area (Å²) in [5, 5.41) is 11.4. The van der Waals surface area contributed by atoms with Gasteiger partial charge in [-0.25, -0.2) is 4.68 Å². The van der Waals surface area contributed by atoms with Crippen LogP contribution in [-0.2, 0) is 16.8 Å². The smallest absolute Gasteiger partial charge is 0.224 e. The molecule has 0 spiro atoms. The summed E-state index contributed by atoms with van der Waals surface area (Å²) in [5.74, 6) is 0.923. The fraction of sp³-hybridized carbons (Fsp3) is 0.529. The zero-order chi connectivity index (χ0) is 16.3. The Morgan fingerprint density at radius 2 is 2.09 bits per heavy atom. The maximum atomic E-state index is 12.6.